The van der Waals surface area contributed by atoms with Crippen molar-refractivity contribution < 1.29 is 9.53 Å². The van der Waals surface area contributed by atoms with Gasteiger partial charge in [0.25, 0.3) is 5.91 Å². The van der Waals surface area contributed by atoms with Crippen molar-refractivity contribution in [3.05, 3.63) is 35.7 Å². The lowest BCUT2D eigenvalue weighted by molar-refractivity contribution is -0.0337. The first kappa shape index (κ1) is 17.3. The van der Waals surface area contributed by atoms with Gasteiger partial charge in [0, 0.05) is 51.3 Å². The number of ether oxygens (including phenoxy) is 1. The molecule has 8 nitrogen and oxygen atoms in total. The molecule has 2 aromatic heterocycles. The van der Waals surface area contributed by atoms with Gasteiger partial charge in [0.05, 0.1) is 0 Å². The predicted octanol–water partition coefficient (Wildman–Crippen LogP) is 1.46. The highest BCUT2D eigenvalue weighted by Gasteiger charge is 2.30. The summed E-state index contributed by atoms with van der Waals surface area (Å²) in [7, 11) is 3.69. The highest BCUT2D eigenvalue weighted by Crippen LogP contribution is 2.32. The molecule has 25 heavy (non-hydrogen) atoms. The molecular weight excluding hydrogens is 320 g/mol. The molecule has 1 aliphatic rings. The van der Waals surface area contributed by atoms with E-state index in [1.165, 1.54) is 0 Å². The van der Waals surface area contributed by atoms with Gasteiger partial charge in [-0.1, -0.05) is 0 Å². The summed E-state index contributed by atoms with van der Waals surface area (Å²) >= 11 is 0. The molecule has 3 heterocycles. The molecule has 1 amide bonds. The Bertz CT molecular complexity index is 744. The Labute approximate surface area is 147 Å². The van der Waals surface area contributed by atoms with Gasteiger partial charge < -0.3 is 19.9 Å². The van der Waals surface area contributed by atoms with Gasteiger partial charge in [0.2, 0.25) is 5.95 Å². The minimum absolute atomic E-state index is 0.103. The third-order valence-electron chi connectivity index (χ3n) is 4.39. The topological polar surface area (TPSA) is 94.0 Å². The summed E-state index contributed by atoms with van der Waals surface area (Å²) in [4.78, 5) is 25.3. The van der Waals surface area contributed by atoms with Crippen molar-refractivity contribution in [2.24, 2.45) is 13.0 Å². The van der Waals surface area contributed by atoms with E-state index in [-0.39, 0.29) is 17.9 Å². The second-order valence-corrected chi connectivity index (χ2v) is 6.27. The fourth-order valence-corrected chi connectivity index (χ4v) is 3.10. The zero-order valence-corrected chi connectivity index (χ0v) is 14.8. The van der Waals surface area contributed by atoms with Gasteiger partial charge in [-0.05, 0) is 25.8 Å². The molecule has 0 radical (unpaired) electrons. The van der Waals surface area contributed by atoms with Crippen molar-refractivity contribution >= 4 is 11.9 Å². The second kappa shape index (κ2) is 7.60. The number of aromatic nitrogens is 4. The number of nitrogens with one attached hydrogen (secondary N) is 2. The molecule has 0 aliphatic carbocycles. The van der Waals surface area contributed by atoms with E-state index >= 15 is 0 Å². The fourth-order valence-electron chi connectivity index (χ4n) is 3.10. The van der Waals surface area contributed by atoms with Gasteiger partial charge in [-0.3, -0.25) is 4.79 Å². The highest BCUT2D eigenvalue weighted by molar-refractivity contribution is 5.92. The molecule has 134 valence electrons. The van der Waals surface area contributed by atoms with Gasteiger partial charge in [0.15, 0.2) is 0 Å². The molecule has 0 bridgehead atoms. The largest absolute Gasteiger partial charge is 0.370 e. The average Bonchev–Trinajstić information content (AvgIpc) is 3.05. The van der Waals surface area contributed by atoms with E-state index in [9.17, 15) is 4.79 Å². The van der Waals surface area contributed by atoms with Crippen LogP contribution in [0.1, 0.15) is 41.0 Å². The van der Waals surface area contributed by atoms with Gasteiger partial charge in [0.1, 0.15) is 17.6 Å². The van der Waals surface area contributed by atoms with Crippen molar-refractivity contribution in [1.82, 2.24) is 24.8 Å². The number of carbonyl (C=O) groups excluding carboxylic acids is 1. The van der Waals surface area contributed by atoms with Gasteiger partial charge in [-0.15, -0.1) is 0 Å². The molecule has 0 unspecified atom stereocenters. The van der Waals surface area contributed by atoms with Crippen molar-refractivity contribution in [3.8, 4) is 0 Å². The summed E-state index contributed by atoms with van der Waals surface area (Å²) in [6, 6.07) is 1.68. The lowest BCUT2D eigenvalue weighted by Gasteiger charge is -2.31. The van der Waals surface area contributed by atoms with E-state index in [4.69, 9.17) is 4.74 Å². The van der Waals surface area contributed by atoms with Crippen LogP contribution in [0.5, 0.6) is 0 Å². The van der Waals surface area contributed by atoms with Crippen molar-refractivity contribution in [1.29, 1.82) is 0 Å². The number of anilines is 1. The van der Waals surface area contributed by atoms with E-state index in [2.05, 4.69) is 25.6 Å². The first-order valence-electron chi connectivity index (χ1n) is 8.49. The Morgan fingerprint density at radius 1 is 1.44 bits per heavy atom. The monoisotopic (exact) mass is 344 g/mol. The van der Waals surface area contributed by atoms with Crippen LogP contribution in [0.4, 0.5) is 5.95 Å². The van der Waals surface area contributed by atoms with Crippen LogP contribution in [0.25, 0.3) is 0 Å². The predicted molar refractivity (Wildman–Crippen MR) is 93.3 cm³/mol. The minimum atomic E-state index is -0.203. The lowest BCUT2D eigenvalue weighted by Crippen LogP contribution is -2.36. The van der Waals surface area contributed by atoms with Crippen LogP contribution in [0, 0.1) is 12.8 Å². The van der Waals surface area contributed by atoms with Crippen LogP contribution >= 0.6 is 0 Å². The smallest absolute Gasteiger partial charge is 0.270 e. The first-order chi connectivity index (χ1) is 12.1. The third-order valence-corrected chi connectivity index (χ3v) is 4.39. The molecule has 2 aromatic rings. The summed E-state index contributed by atoms with van der Waals surface area (Å²) in [5, 5.41) is 5.85. The van der Waals surface area contributed by atoms with Crippen LogP contribution in [0.3, 0.4) is 0 Å². The normalized spacial score (nSPS) is 20.3. The number of carbonyl (C=O) groups is 1. The molecule has 2 atom stereocenters. The number of imidazole rings is 1. The molecule has 1 saturated heterocycles. The molecule has 2 N–H and O–H groups in total. The van der Waals surface area contributed by atoms with Crippen LogP contribution < -0.4 is 10.6 Å². The number of nitrogens with zero attached hydrogens (tertiary/aromatic N) is 4. The van der Waals surface area contributed by atoms with Crippen molar-refractivity contribution in [2.75, 3.05) is 25.5 Å². The SMILES string of the molecule is CNc1nc(C)cc(C(=O)NC[C@@H]2CCCO[C@H]2c2nccn2C)n1. The summed E-state index contributed by atoms with van der Waals surface area (Å²) in [6.45, 7) is 3.08. The third kappa shape index (κ3) is 3.96. The van der Waals surface area contributed by atoms with E-state index in [0.717, 1.165) is 31.0 Å². The number of hydrogen-bond acceptors (Lipinski definition) is 6. The minimum Gasteiger partial charge on any atom is -0.370 e. The van der Waals surface area contributed by atoms with Crippen LogP contribution in [0.15, 0.2) is 18.5 Å². The van der Waals surface area contributed by atoms with E-state index < -0.39 is 0 Å². The van der Waals surface area contributed by atoms with E-state index in [0.29, 0.717) is 18.2 Å². The van der Waals surface area contributed by atoms with Crippen LogP contribution in [-0.2, 0) is 11.8 Å². The van der Waals surface area contributed by atoms with E-state index in [1.54, 1.807) is 19.3 Å². The summed E-state index contributed by atoms with van der Waals surface area (Å²) < 4.78 is 7.91. The van der Waals surface area contributed by atoms with Crippen molar-refractivity contribution in [3.63, 3.8) is 0 Å². The molecule has 0 spiro atoms. The summed E-state index contributed by atoms with van der Waals surface area (Å²) in [5.41, 5.74) is 1.11. The fraction of sp³-hybridized carbons (Fsp3) is 0.529. The zero-order valence-electron chi connectivity index (χ0n) is 14.8. The summed E-state index contributed by atoms with van der Waals surface area (Å²) in [5.74, 6) is 1.32. The standard InChI is InChI=1S/C17H24N6O2/c1-11-9-13(22-17(18-2)21-11)16(24)20-10-12-5-4-8-25-14(12)15-19-6-7-23(15)3/h6-7,9,12,14H,4-5,8,10H2,1-3H3,(H,20,24)(H,18,21,22)/t12-,14+/m0/s1. The Morgan fingerprint density at radius 3 is 3.00 bits per heavy atom. The van der Waals surface area contributed by atoms with Crippen molar-refractivity contribution in [2.45, 2.75) is 25.9 Å². The number of amides is 1. The number of aryl methyl sites for hydroxylation is 2. The molecule has 0 aromatic carbocycles. The summed E-state index contributed by atoms with van der Waals surface area (Å²) in [6.07, 6.45) is 5.55. The molecule has 3 rings (SSSR count). The zero-order chi connectivity index (χ0) is 17.8. The molecule has 1 aliphatic heterocycles. The molecule has 1 fully saturated rings. The second-order valence-electron chi connectivity index (χ2n) is 6.27. The Balaban J connectivity index is 1.68. The van der Waals surface area contributed by atoms with Crippen LogP contribution in [0.2, 0.25) is 0 Å². The maximum Gasteiger partial charge on any atom is 0.270 e. The molecular formula is C17H24N6O2. The Hall–Kier alpha value is -2.48. The van der Waals surface area contributed by atoms with E-state index in [1.807, 2.05) is 24.7 Å². The number of rotatable bonds is 5. The first-order valence-corrected chi connectivity index (χ1v) is 8.49. The van der Waals surface area contributed by atoms with Crippen LogP contribution in [-0.4, -0.2) is 45.6 Å². The lowest BCUT2D eigenvalue weighted by atomic mass is 9.93. The molecule has 0 saturated carbocycles. The highest BCUT2D eigenvalue weighted by atomic mass is 16.5. The van der Waals surface area contributed by atoms with Gasteiger partial charge in [-0.2, -0.15) is 0 Å². The Morgan fingerprint density at radius 2 is 2.28 bits per heavy atom. The average molecular weight is 344 g/mol. The maximum atomic E-state index is 12.5. The molecule has 8 heteroatoms. The Kier molecular flexibility index (Phi) is 5.28. The quantitative estimate of drug-likeness (QED) is 0.853. The number of hydrogen-bond donors (Lipinski definition) is 2. The maximum absolute atomic E-state index is 12.5. The van der Waals surface area contributed by atoms with Gasteiger partial charge in [-0.25, -0.2) is 15.0 Å². The van der Waals surface area contributed by atoms with Gasteiger partial charge >= 0.3 is 0 Å².